The van der Waals surface area contributed by atoms with E-state index in [0.717, 1.165) is 51.4 Å². The van der Waals surface area contributed by atoms with Crippen LogP contribution < -0.4 is 10.6 Å². The van der Waals surface area contributed by atoms with Gasteiger partial charge in [-0.05, 0) is 25.7 Å². The van der Waals surface area contributed by atoms with Gasteiger partial charge in [-0.1, -0.05) is 84.0 Å². The van der Waals surface area contributed by atoms with E-state index in [1.54, 1.807) is 0 Å². The summed E-state index contributed by atoms with van der Waals surface area (Å²) in [6, 6.07) is -1.05. The van der Waals surface area contributed by atoms with Crippen LogP contribution in [-0.2, 0) is 23.9 Å². The summed E-state index contributed by atoms with van der Waals surface area (Å²) >= 11 is 0. The van der Waals surface area contributed by atoms with E-state index in [0.29, 0.717) is 26.2 Å². The Morgan fingerprint density at radius 1 is 0.649 bits per heavy atom. The SMILES string of the molecule is CCCOCCNC(=O)CCC(NC(=O)CCCCCCCCCCCCCCCCC(=O)O)C(=O)O. The van der Waals surface area contributed by atoms with Crippen molar-refractivity contribution < 1.29 is 34.1 Å². The van der Waals surface area contributed by atoms with Gasteiger partial charge in [0.1, 0.15) is 6.04 Å². The molecule has 0 heterocycles. The van der Waals surface area contributed by atoms with Gasteiger partial charge in [-0.2, -0.15) is 0 Å². The maximum absolute atomic E-state index is 12.1. The number of hydrogen-bond acceptors (Lipinski definition) is 5. The minimum atomic E-state index is -1.12. The summed E-state index contributed by atoms with van der Waals surface area (Å²) in [5, 5.41) is 23.2. The molecule has 0 bridgehead atoms. The molecule has 9 nitrogen and oxygen atoms in total. The number of rotatable bonds is 27. The second-order valence-corrected chi connectivity index (χ2v) is 9.80. The second-order valence-electron chi connectivity index (χ2n) is 9.80. The van der Waals surface area contributed by atoms with Gasteiger partial charge in [0.05, 0.1) is 6.61 Å². The van der Waals surface area contributed by atoms with E-state index in [2.05, 4.69) is 10.6 Å². The molecule has 4 N–H and O–H groups in total. The Bertz CT molecular complexity index is 613. The Hall–Kier alpha value is -2.16. The van der Waals surface area contributed by atoms with E-state index in [9.17, 15) is 24.3 Å². The zero-order valence-electron chi connectivity index (χ0n) is 23.1. The van der Waals surface area contributed by atoms with Crippen LogP contribution in [0.1, 0.15) is 129 Å². The van der Waals surface area contributed by atoms with Crippen LogP contribution in [0.25, 0.3) is 0 Å². The lowest BCUT2D eigenvalue weighted by Gasteiger charge is -2.14. The van der Waals surface area contributed by atoms with Crippen molar-refractivity contribution in [2.45, 2.75) is 135 Å². The molecule has 0 rings (SSSR count). The van der Waals surface area contributed by atoms with Crippen LogP contribution >= 0.6 is 0 Å². The molecule has 0 fully saturated rings. The first-order valence-electron chi connectivity index (χ1n) is 14.4. The largest absolute Gasteiger partial charge is 0.481 e. The molecule has 0 aliphatic rings. The van der Waals surface area contributed by atoms with Crippen molar-refractivity contribution in [3.8, 4) is 0 Å². The summed E-state index contributed by atoms with van der Waals surface area (Å²) in [4.78, 5) is 45.8. The van der Waals surface area contributed by atoms with Crippen molar-refractivity contribution >= 4 is 23.8 Å². The summed E-state index contributed by atoms with van der Waals surface area (Å²) in [5.74, 6) is -2.34. The average Bonchev–Trinajstić information content (AvgIpc) is 2.85. The van der Waals surface area contributed by atoms with E-state index in [1.165, 1.54) is 44.9 Å². The first-order valence-corrected chi connectivity index (χ1v) is 14.4. The van der Waals surface area contributed by atoms with Gasteiger partial charge < -0.3 is 25.6 Å². The van der Waals surface area contributed by atoms with Gasteiger partial charge in [0.15, 0.2) is 0 Å². The molecule has 0 aliphatic heterocycles. The molecular formula is C28H52N2O7. The molecule has 0 spiro atoms. The van der Waals surface area contributed by atoms with Crippen molar-refractivity contribution in [1.29, 1.82) is 0 Å². The molecule has 37 heavy (non-hydrogen) atoms. The quantitative estimate of drug-likeness (QED) is 0.107. The monoisotopic (exact) mass is 528 g/mol. The highest BCUT2D eigenvalue weighted by Gasteiger charge is 2.20. The fraction of sp³-hybridized carbons (Fsp3) is 0.857. The minimum Gasteiger partial charge on any atom is -0.481 e. The van der Waals surface area contributed by atoms with Crippen LogP contribution in [0.4, 0.5) is 0 Å². The number of ether oxygens (including phenoxy) is 1. The standard InChI is InChI=1S/C28H52N2O7/c1-2-22-37-23-21-29-25(31)20-19-24(28(35)36)30-26(32)17-15-13-11-9-7-5-3-4-6-8-10-12-14-16-18-27(33)34/h24H,2-23H2,1H3,(H,29,31)(H,30,32)(H,33,34)(H,35,36). The fourth-order valence-electron chi connectivity index (χ4n) is 4.08. The number of amides is 2. The molecule has 0 aromatic carbocycles. The Morgan fingerprint density at radius 2 is 1.14 bits per heavy atom. The highest BCUT2D eigenvalue weighted by atomic mass is 16.5. The number of carboxylic acid groups (broad SMARTS) is 2. The maximum atomic E-state index is 12.1. The lowest BCUT2D eigenvalue weighted by molar-refractivity contribution is -0.142. The molecule has 9 heteroatoms. The van der Waals surface area contributed by atoms with Gasteiger partial charge in [-0.15, -0.1) is 0 Å². The lowest BCUT2D eigenvalue weighted by Crippen LogP contribution is -2.41. The van der Waals surface area contributed by atoms with Crippen LogP contribution in [0.5, 0.6) is 0 Å². The zero-order chi connectivity index (χ0) is 27.6. The van der Waals surface area contributed by atoms with Crippen molar-refractivity contribution in [3.05, 3.63) is 0 Å². The highest BCUT2D eigenvalue weighted by molar-refractivity contribution is 5.84. The predicted molar refractivity (Wildman–Crippen MR) is 144 cm³/mol. The first kappa shape index (κ1) is 34.8. The number of carbonyl (C=O) groups is 4. The van der Waals surface area contributed by atoms with Gasteiger partial charge in [-0.25, -0.2) is 4.79 Å². The lowest BCUT2D eigenvalue weighted by atomic mass is 10.0. The van der Waals surface area contributed by atoms with Crippen molar-refractivity contribution in [1.82, 2.24) is 10.6 Å². The third kappa shape index (κ3) is 25.3. The molecule has 0 saturated carbocycles. The van der Waals surface area contributed by atoms with Crippen LogP contribution in [0.2, 0.25) is 0 Å². The number of carboxylic acids is 2. The zero-order valence-corrected chi connectivity index (χ0v) is 23.1. The molecule has 216 valence electrons. The van der Waals surface area contributed by atoms with Crippen molar-refractivity contribution in [3.63, 3.8) is 0 Å². The maximum Gasteiger partial charge on any atom is 0.326 e. The smallest absolute Gasteiger partial charge is 0.326 e. The van der Waals surface area contributed by atoms with Crippen LogP contribution in [0.3, 0.4) is 0 Å². The molecule has 1 atom stereocenters. The number of aliphatic carboxylic acids is 2. The van der Waals surface area contributed by atoms with E-state index in [-0.39, 0.29) is 31.1 Å². The molecule has 0 aromatic heterocycles. The summed E-state index contributed by atoms with van der Waals surface area (Å²) in [6.45, 7) is 3.47. The number of carbonyl (C=O) groups excluding carboxylic acids is 2. The molecule has 0 saturated heterocycles. The van der Waals surface area contributed by atoms with E-state index < -0.39 is 18.0 Å². The van der Waals surface area contributed by atoms with Crippen LogP contribution in [-0.4, -0.2) is 59.8 Å². The van der Waals surface area contributed by atoms with Gasteiger partial charge in [-0.3, -0.25) is 14.4 Å². The van der Waals surface area contributed by atoms with E-state index in [1.807, 2.05) is 6.92 Å². The molecule has 0 radical (unpaired) electrons. The summed E-state index contributed by atoms with van der Waals surface area (Å²) in [5.41, 5.74) is 0. The van der Waals surface area contributed by atoms with Gasteiger partial charge in [0, 0.05) is 32.4 Å². The number of nitrogens with one attached hydrogen (secondary N) is 2. The topological polar surface area (TPSA) is 142 Å². The van der Waals surface area contributed by atoms with Crippen LogP contribution in [0.15, 0.2) is 0 Å². The Morgan fingerprint density at radius 3 is 1.59 bits per heavy atom. The highest BCUT2D eigenvalue weighted by Crippen LogP contribution is 2.14. The summed E-state index contributed by atoms with van der Waals surface area (Å²) in [7, 11) is 0. The first-order chi connectivity index (χ1) is 17.9. The Kier molecular flexibility index (Phi) is 24.0. The predicted octanol–water partition coefficient (Wildman–Crippen LogP) is 5.21. The van der Waals surface area contributed by atoms with Crippen molar-refractivity contribution in [2.24, 2.45) is 0 Å². The summed E-state index contributed by atoms with van der Waals surface area (Å²) in [6.07, 6.45) is 17.1. The molecule has 0 aromatic rings. The van der Waals surface area contributed by atoms with E-state index >= 15 is 0 Å². The number of unbranched alkanes of at least 4 members (excludes halogenated alkanes) is 13. The molecule has 0 aliphatic carbocycles. The van der Waals surface area contributed by atoms with E-state index in [4.69, 9.17) is 9.84 Å². The normalized spacial score (nSPS) is 11.7. The summed E-state index contributed by atoms with van der Waals surface area (Å²) < 4.78 is 5.28. The van der Waals surface area contributed by atoms with Crippen molar-refractivity contribution in [2.75, 3.05) is 19.8 Å². The van der Waals surface area contributed by atoms with Crippen LogP contribution in [0, 0.1) is 0 Å². The Labute approximate surface area is 223 Å². The average molecular weight is 529 g/mol. The second kappa shape index (κ2) is 25.5. The molecule has 1 unspecified atom stereocenters. The molecule has 2 amide bonds. The van der Waals surface area contributed by atoms with Gasteiger partial charge in [0.2, 0.25) is 11.8 Å². The van der Waals surface area contributed by atoms with Gasteiger partial charge >= 0.3 is 11.9 Å². The molecular weight excluding hydrogens is 476 g/mol. The fourth-order valence-corrected chi connectivity index (χ4v) is 4.08. The Balaban J connectivity index is 3.62. The number of hydrogen-bond donors (Lipinski definition) is 4. The third-order valence-corrected chi connectivity index (χ3v) is 6.25. The third-order valence-electron chi connectivity index (χ3n) is 6.25. The van der Waals surface area contributed by atoms with Gasteiger partial charge in [0.25, 0.3) is 0 Å². The minimum absolute atomic E-state index is 0.0413.